The first kappa shape index (κ1) is 39.3. The second-order valence-corrected chi connectivity index (χ2v) is 13.1. The molecule has 0 aliphatic carbocycles. The van der Waals surface area contributed by atoms with Gasteiger partial charge in [0.25, 0.3) is 0 Å². The van der Waals surface area contributed by atoms with Gasteiger partial charge in [0.1, 0.15) is 18.1 Å². The standard InChI is InChI=1S/C33H37N3O3S.2C2H2O4/c1-34-29-20-24(6-7-25(29)22-36-16-4-5-17-36)32(38)31-28-13-10-26(37)21-30(28)40-33(31)23-8-11-27(12-9-23)39-19-18-35-14-2-3-15-35;2*3-1(4)2(5)6/h6-13,20-21,34,37H,2-5,14-19,22H2,1H3;2*(H,3,4)(H,5,6). The molecule has 6 rings (SSSR count). The smallest absolute Gasteiger partial charge is 0.414 e. The second-order valence-electron chi connectivity index (χ2n) is 12.1. The number of phenolic OH excluding ortho intramolecular Hbond substituents is 1. The molecule has 2 aliphatic heterocycles. The van der Waals surface area contributed by atoms with Crippen LogP contribution in [-0.4, -0.2) is 111 Å². The third-order valence-corrected chi connectivity index (χ3v) is 9.69. The lowest BCUT2D eigenvalue weighted by atomic mass is 9.96. The van der Waals surface area contributed by atoms with Crippen LogP contribution in [0.5, 0.6) is 11.5 Å². The summed E-state index contributed by atoms with van der Waals surface area (Å²) in [7, 11) is 1.92. The number of fused-ring (bicyclic) bond motifs is 1. The Labute approximate surface area is 303 Å². The fourth-order valence-corrected chi connectivity index (χ4v) is 7.17. The molecule has 3 heterocycles. The molecule has 1 aromatic heterocycles. The molecule has 52 heavy (non-hydrogen) atoms. The first-order valence-corrected chi connectivity index (χ1v) is 17.4. The van der Waals surface area contributed by atoms with Gasteiger partial charge in [0.05, 0.1) is 0 Å². The molecule has 0 unspecified atom stereocenters. The van der Waals surface area contributed by atoms with Gasteiger partial charge in [-0.2, -0.15) is 0 Å². The number of thiophene rings is 1. The monoisotopic (exact) mass is 735 g/mol. The lowest BCUT2D eigenvalue weighted by molar-refractivity contribution is -0.159. The number of phenols is 1. The minimum Gasteiger partial charge on any atom is -0.508 e. The minimum absolute atomic E-state index is 0.0119. The number of carboxylic acids is 4. The van der Waals surface area contributed by atoms with Gasteiger partial charge in [0.15, 0.2) is 5.78 Å². The minimum atomic E-state index is -1.82. The predicted octanol–water partition coefficient (Wildman–Crippen LogP) is 4.93. The maximum absolute atomic E-state index is 14.1. The van der Waals surface area contributed by atoms with Crippen molar-refractivity contribution in [2.75, 3.05) is 51.7 Å². The Balaban J connectivity index is 0.000000436. The number of carbonyl (C=O) groups is 5. The number of ketones is 1. The van der Waals surface area contributed by atoms with E-state index in [0.717, 1.165) is 71.2 Å². The molecule has 14 nitrogen and oxygen atoms in total. The molecule has 6 N–H and O–H groups in total. The average molecular weight is 736 g/mol. The van der Waals surface area contributed by atoms with Crippen LogP contribution >= 0.6 is 11.3 Å². The van der Waals surface area contributed by atoms with Gasteiger partial charge >= 0.3 is 23.9 Å². The van der Waals surface area contributed by atoms with E-state index in [2.05, 4.69) is 21.2 Å². The quantitative estimate of drug-likeness (QED) is 0.0942. The van der Waals surface area contributed by atoms with Crippen molar-refractivity contribution in [3.8, 4) is 21.9 Å². The van der Waals surface area contributed by atoms with Crippen LogP contribution in [-0.2, 0) is 25.7 Å². The summed E-state index contributed by atoms with van der Waals surface area (Å²) < 4.78 is 6.91. The van der Waals surface area contributed by atoms with Gasteiger partial charge in [0.2, 0.25) is 0 Å². The summed E-state index contributed by atoms with van der Waals surface area (Å²) in [6, 6.07) is 19.3. The first-order chi connectivity index (χ1) is 24.9. The first-order valence-electron chi connectivity index (χ1n) is 16.6. The molecule has 3 aromatic carbocycles. The van der Waals surface area contributed by atoms with E-state index in [1.807, 2.05) is 49.5 Å². The van der Waals surface area contributed by atoms with Gasteiger partial charge in [0, 0.05) is 51.9 Å². The van der Waals surface area contributed by atoms with E-state index in [1.54, 1.807) is 12.1 Å². The molecule has 0 bridgehead atoms. The normalized spacial score (nSPS) is 14.1. The fourth-order valence-electron chi connectivity index (χ4n) is 5.93. The van der Waals surface area contributed by atoms with Gasteiger partial charge in [-0.05, 0) is 112 Å². The molecule has 2 saturated heterocycles. The van der Waals surface area contributed by atoms with E-state index in [-0.39, 0.29) is 11.5 Å². The number of ether oxygens (including phenoxy) is 1. The van der Waals surface area contributed by atoms with Crippen LogP contribution in [0.4, 0.5) is 5.69 Å². The number of aliphatic carboxylic acids is 4. The molecule has 276 valence electrons. The van der Waals surface area contributed by atoms with E-state index < -0.39 is 23.9 Å². The molecule has 2 aliphatic rings. The third kappa shape index (κ3) is 10.7. The maximum Gasteiger partial charge on any atom is 0.414 e. The van der Waals surface area contributed by atoms with E-state index in [4.69, 9.17) is 44.3 Å². The highest BCUT2D eigenvalue weighted by Gasteiger charge is 2.23. The molecule has 4 aromatic rings. The molecular weight excluding hydrogens is 694 g/mol. The number of carboxylic acid groups (broad SMARTS) is 4. The number of likely N-dealkylation sites (tertiary alicyclic amines) is 2. The summed E-state index contributed by atoms with van der Waals surface area (Å²) in [5.74, 6) is -6.27. The third-order valence-electron chi connectivity index (χ3n) is 8.49. The van der Waals surface area contributed by atoms with Crippen molar-refractivity contribution < 1.29 is 54.2 Å². The molecule has 0 atom stereocenters. The van der Waals surface area contributed by atoms with Crippen LogP contribution in [0.3, 0.4) is 0 Å². The molecule has 2 fully saturated rings. The lowest BCUT2D eigenvalue weighted by Crippen LogP contribution is -2.25. The Morgan fingerprint density at radius 3 is 1.88 bits per heavy atom. The number of carbonyl (C=O) groups excluding carboxylic acids is 1. The largest absolute Gasteiger partial charge is 0.508 e. The number of nitrogens with zero attached hydrogens (tertiary/aromatic N) is 2. The highest BCUT2D eigenvalue weighted by molar-refractivity contribution is 7.22. The van der Waals surface area contributed by atoms with Gasteiger partial charge in [-0.15, -0.1) is 11.3 Å². The molecule has 15 heteroatoms. The Hall–Kier alpha value is -5.51. The van der Waals surface area contributed by atoms with Gasteiger partial charge in [-0.3, -0.25) is 14.6 Å². The van der Waals surface area contributed by atoms with Crippen LogP contribution in [0.2, 0.25) is 0 Å². The Morgan fingerprint density at radius 2 is 1.33 bits per heavy atom. The van der Waals surface area contributed by atoms with Crippen LogP contribution < -0.4 is 10.1 Å². The van der Waals surface area contributed by atoms with Crippen molar-refractivity contribution in [1.82, 2.24) is 9.80 Å². The topological polar surface area (TPSA) is 214 Å². The van der Waals surface area contributed by atoms with Crippen molar-refractivity contribution in [2.45, 2.75) is 32.2 Å². The molecule has 0 saturated carbocycles. The number of hydrogen-bond donors (Lipinski definition) is 6. The molecular formula is C37H41N3O11S. The summed E-state index contributed by atoms with van der Waals surface area (Å²) in [4.78, 5) is 56.3. The van der Waals surface area contributed by atoms with Crippen molar-refractivity contribution >= 4 is 56.8 Å². The van der Waals surface area contributed by atoms with E-state index >= 15 is 0 Å². The summed E-state index contributed by atoms with van der Waals surface area (Å²) in [6.07, 6.45) is 5.06. The summed E-state index contributed by atoms with van der Waals surface area (Å²) in [5.41, 5.74) is 4.51. The van der Waals surface area contributed by atoms with Crippen molar-refractivity contribution in [3.05, 3.63) is 77.4 Å². The van der Waals surface area contributed by atoms with Crippen molar-refractivity contribution in [3.63, 3.8) is 0 Å². The van der Waals surface area contributed by atoms with Gasteiger partial charge in [-0.25, -0.2) is 19.2 Å². The number of hydrogen-bond acceptors (Lipinski definition) is 11. The number of rotatable bonds is 10. The molecule has 0 radical (unpaired) electrons. The van der Waals surface area contributed by atoms with Crippen molar-refractivity contribution in [1.29, 1.82) is 0 Å². The summed E-state index contributed by atoms with van der Waals surface area (Å²) >= 11 is 1.54. The summed E-state index contributed by atoms with van der Waals surface area (Å²) in [5, 5.41) is 43.9. The highest BCUT2D eigenvalue weighted by Crippen LogP contribution is 2.42. The van der Waals surface area contributed by atoms with Gasteiger partial charge in [-0.1, -0.05) is 12.1 Å². The molecule has 0 amide bonds. The predicted molar refractivity (Wildman–Crippen MR) is 195 cm³/mol. The fraction of sp³-hybridized carbons (Fsp3) is 0.324. The van der Waals surface area contributed by atoms with Gasteiger partial charge < -0.3 is 35.6 Å². The summed E-state index contributed by atoms with van der Waals surface area (Å²) in [6.45, 7) is 7.10. The number of anilines is 1. The lowest BCUT2D eigenvalue weighted by Gasteiger charge is -2.18. The Kier molecular flexibility index (Phi) is 14.1. The zero-order valence-electron chi connectivity index (χ0n) is 28.5. The average Bonchev–Trinajstić information content (AvgIpc) is 3.91. The van der Waals surface area contributed by atoms with Crippen molar-refractivity contribution in [2.24, 2.45) is 0 Å². The molecule has 0 spiro atoms. The zero-order chi connectivity index (χ0) is 37.8. The SMILES string of the molecule is CNc1cc(C(=O)c2c(-c3ccc(OCCN4CCCC4)cc3)sc3cc(O)ccc23)ccc1CN1CCCC1.O=C(O)C(=O)O.O=C(O)C(=O)O. The maximum atomic E-state index is 14.1. The van der Waals surface area contributed by atoms with Crippen LogP contribution in [0.25, 0.3) is 20.5 Å². The highest BCUT2D eigenvalue weighted by atomic mass is 32.1. The van der Waals surface area contributed by atoms with Crippen LogP contribution in [0, 0.1) is 0 Å². The number of nitrogens with one attached hydrogen (secondary N) is 1. The Bertz CT molecular complexity index is 1850. The Morgan fingerprint density at radius 1 is 0.750 bits per heavy atom. The zero-order valence-corrected chi connectivity index (χ0v) is 29.4. The van der Waals surface area contributed by atoms with Crippen LogP contribution in [0.1, 0.15) is 47.2 Å². The number of benzene rings is 3. The van der Waals surface area contributed by atoms with E-state index in [1.165, 1.54) is 42.6 Å². The number of aromatic hydroxyl groups is 1. The van der Waals surface area contributed by atoms with Crippen LogP contribution in [0.15, 0.2) is 60.7 Å². The van der Waals surface area contributed by atoms with E-state index in [9.17, 15) is 9.90 Å². The van der Waals surface area contributed by atoms with E-state index in [0.29, 0.717) is 17.7 Å². The second kappa shape index (κ2) is 18.6.